The van der Waals surface area contributed by atoms with E-state index in [1.165, 1.54) is 0 Å². The Morgan fingerprint density at radius 2 is 1.57 bits per heavy atom. The van der Waals surface area contributed by atoms with Crippen LogP contribution in [0, 0.1) is 0 Å². The van der Waals surface area contributed by atoms with Crippen LogP contribution >= 0.6 is 0 Å². The summed E-state index contributed by atoms with van der Waals surface area (Å²) in [6.07, 6.45) is 0. The molecule has 0 amide bonds. The molecule has 1 aliphatic heterocycles. The SMILES string of the molecule is O=C1C[S+](c2ccccc2)CC(=O)O1. The molecule has 0 unspecified atom stereocenters. The zero-order valence-corrected chi connectivity index (χ0v) is 8.25. The highest BCUT2D eigenvalue weighted by Crippen LogP contribution is 2.17. The molecule has 72 valence electrons. The van der Waals surface area contributed by atoms with E-state index < -0.39 is 11.9 Å². The van der Waals surface area contributed by atoms with Crippen LogP contribution in [0.15, 0.2) is 35.2 Å². The Morgan fingerprint density at radius 1 is 1.00 bits per heavy atom. The molecule has 1 aromatic carbocycles. The van der Waals surface area contributed by atoms with Crippen LogP contribution in [-0.2, 0) is 25.2 Å². The van der Waals surface area contributed by atoms with E-state index in [1.54, 1.807) is 0 Å². The molecule has 4 heteroatoms. The smallest absolute Gasteiger partial charge is 0.364 e. The van der Waals surface area contributed by atoms with E-state index >= 15 is 0 Å². The van der Waals surface area contributed by atoms with Crippen LogP contribution in [0.1, 0.15) is 0 Å². The lowest BCUT2D eigenvalue weighted by atomic mass is 10.4. The molecule has 0 bridgehead atoms. The van der Waals surface area contributed by atoms with Gasteiger partial charge >= 0.3 is 11.9 Å². The number of ether oxygens (including phenoxy) is 1. The monoisotopic (exact) mass is 209 g/mol. The standard InChI is InChI=1S/C10H9O3S/c11-9-6-14(7-10(12)13-9)8-4-2-1-3-5-8/h1-5H,6-7H2/q+1. The molecule has 0 spiro atoms. The molecule has 0 aromatic heterocycles. The highest BCUT2D eigenvalue weighted by molar-refractivity contribution is 7.98. The van der Waals surface area contributed by atoms with Gasteiger partial charge in [0.1, 0.15) is 0 Å². The van der Waals surface area contributed by atoms with Crippen LogP contribution in [0.4, 0.5) is 0 Å². The van der Waals surface area contributed by atoms with Crippen molar-refractivity contribution in [3.8, 4) is 0 Å². The van der Waals surface area contributed by atoms with Gasteiger partial charge in [-0.3, -0.25) is 0 Å². The minimum absolute atomic E-state index is 0.292. The van der Waals surface area contributed by atoms with E-state index in [0.717, 1.165) is 4.90 Å². The van der Waals surface area contributed by atoms with Gasteiger partial charge in [-0.25, -0.2) is 9.59 Å². The van der Waals surface area contributed by atoms with Crippen molar-refractivity contribution in [2.24, 2.45) is 0 Å². The second-order valence-electron chi connectivity index (χ2n) is 2.94. The molecule has 2 rings (SSSR count). The van der Waals surface area contributed by atoms with Crippen LogP contribution in [-0.4, -0.2) is 23.4 Å². The Bertz CT molecular complexity index is 345. The van der Waals surface area contributed by atoms with Gasteiger partial charge in [-0.1, -0.05) is 18.2 Å². The van der Waals surface area contributed by atoms with Gasteiger partial charge in [-0.2, -0.15) is 0 Å². The van der Waals surface area contributed by atoms with Crippen LogP contribution in [0.5, 0.6) is 0 Å². The van der Waals surface area contributed by atoms with E-state index in [1.807, 2.05) is 30.3 Å². The molecule has 0 radical (unpaired) electrons. The van der Waals surface area contributed by atoms with E-state index in [-0.39, 0.29) is 10.9 Å². The Kier molecular flexibility index (Phi) is 2.54. The number of carbonyl (C=O) groups excluding carboxylic acids is 2. The van der Waals surface area contributed by atoms with Crippen molar-refractivity contribution in [3.05, 3.63) is 30.3 Å². The van der Waals surface area contributed by atoms with Crippen LogP contribution < -0.4 is 0 Å². The molecule has 1 fully saturated rings. The van der Waals surface area contributed by atoms with Gasteiger partial charge in [0.05, 0.1) is 0 Å². The lowest BCUT2D eigenvalue weighted by Crippen LogP contribution is -2.34. The summed E-state index contributed by atoms with van der Waals surface area (Å²) >= 11 is 0. The van der Waals surface area contributed by atoms with Gasteiger partial charge in [0, 0.05) is 10.9 Å². The van der Waals surface area contributed by atoms with Crippen molar-refractivity contribution in [3.63, 3.8) is 0 Å². The van der Waals surface area contributed by atoms with Gasteiger partial charge in [0.15, 0.2) is 4.90 Å². The van der Waals surface area contributed by atoms with Crippen molar-refractivity contribution in [1.29, 1.82) is 0 Å². The lowest BCUT2D eigenvalue weighted by Gasteiger charge is -2.11. The van der Waals surface area contributed by atoms with Gasteiger partial charge in [0.2, 0.25) is 11.5 Å². The van der Waals surface area contributed by atoms with Crippen molar-refractivity contribution < 1.29 is 14.3 Å². The normalized spacial score (nSPS) is 18.0. The fourth-order valence-corrected chi connectivity index (χ4v) is 2.97. The largest absolute Gasteiger partial charge is 0.386 e. The Labute approximate surface area is 84.4 Å². The molecular weight excluding hydrogens is 200 g/mol. The Morgan fingerprint density at radius 3 is 2.14 bits per heavy atom. The summed E-state index contributed by atoms with van der Waals surface area (Å²) in [6.45, 7) is 0. The average molecular weight is 209 g/mol. The molecule has 0 atom stereocenters. The molecule has 0 aliphatic carbocycles. The summed E-state index contributed by atoms with van der Waals surface area (Å²) in [6, 6.07) is 9.61. The first kappa shape index (κ1) is 9.27. The summed E-state index contributed by atoms with van der Waals surface area (Å²) in [7, 11) is -0.292. The Hall–Kier alpha value is -1.29. The third-order valence-corrected chi connectivity index (χ3v) is 4.00. The number of cyclic esters (lactones) is 2. The van der Waals surface area contributed by atoms with Crippen molar-refractivity contribution >= 4 is 22.8 Å². The van der Waals surface area contributed by atoms with Crippen molar-refractivity contribution in [1.82, 2.24) is 0 Å². The molecule has 14 heavy (non-hydrogen) atoms. The van der Waals surface area contributed by atoms with E-state index in [0.29, 0.717) is 11.5 Å². The molecule has 3 nitrogen and oxygen atoms in total. The second kappa shape index (κ2) is 3.84. The first-order valence-corrected chi connectivity index (χ1v) is 5.78. The number of carbonyl (C=O) groups is 2. The highest BCUT2D eigenvalue weighted by atomic mass is 32.2. The topological polar surface area (TPSA) is 43.4 Å². The zero-order valence-electron chi connectivity index (χ0n) is 7.43. The third kappa shape index (κ3) is 1.96. The molecular formula is C10H9O3S+. The number of benzene rings is 1. The first-order valence-electron chi connectivity index (χ1n) is 4.22. The molecule has 1 aromatic rings. The lowest BCUT2D eigenvalue weighted by molar-refractivity contribution is -0.156. The quantitative estimate of drug-likeness (QED) is 0.389. The fraction of sp³-hybridized carbons (Fsp3) is 0.200. The van der Waals surface area contributed by atoms with Gasteiger partial charge in [0.25, 0.3) is 0 Å². The predicted octanol–water partition coefficient (Wildman–Crippen LogP) is 0.747. The molecule has 0 N–H and O–H groups in total. The maximum atomic E-state index is 11.0. The molecule has 1 saturated heterocycles. The molecule has 0 saturated carbocycles. The number of esters is 2. The average Bonchev–Trinajstić information content (AvgIpc) is 2.18. The minimum atomic E-state index is -0.409. The van der Waals surface area contributed by atoms with E-state index in [2.05, 4.69) is 4.74 Å². The number of hydrogen-bond donors (Lipinski definition) is 0. The van der Waals surface area contributed by atoms with Gasteiger partial charge in [-0.15, -0.1) is 0 Å². The fourth-order valence-electron chi connectivity index (χ4n) is 1.30. The van der Waals surface area contributed by atoms with E-state index in [9.17, 15) is 9.59 Å². The molecule has 1 aliphatic rings. The van der Waals surface area contributed by atoms with Crippen LogP contribution in [0.3, 0.4) is 0 Å². The maximum Gasteiger partial charge on any atom is 0.364 e. The predicted molar refractivity (Wildman–Crippen MR) is 52.9 cm³/mol. The second-order valence-corrected chi connectivity index (χ2v) is 4.97. The van der Waals surface area contributed by atoms with Gasteiger partial charge in [-0.05, 0) is 12.1 Å². The summed E-state index contributed by atoms with van der Waals surface area (Å²) in [4.78, 5) is 23.1. The van der Waals surface area contributed by atoms with Crippen molar-refractivity contribution in [2.45, 2.75) is 4.90 Å². The van der Waals surface area contributed by atoms with E-state index in [4.69, 9.17) is 0 Å². The summed E-state index contributed by atoms with van der Waals surface area (Å²) in [5.41, 5.74) is 0. The maximum absolute atomic E-state index is 11.0. The Balaban J connectivity index is 2.19. The van der Waals surface area contributed by atoms with Crippen LogP contribution in [0.2, 0.25) is 0 Å². The minimum Gasteiger partial charge on any atom is -0.386 e. The number of rotatable bonds is 1. The van der Waals surface area contributed by atoms with Crippen molar-refractivity contribution in [2.75, 3.05) is 11.5 Å². The molecule has 1 heterocycles. The summed E-state index contributed by atoms with van der Waals surface area (Å²) in [5, 5.41) is 0. The van der Waals surface area contributed by atoms with Crippen LogP contribution in [0.25, 0.3) is 0 Å². The highest BCUT2D eigenvalue weighted by Gasteiger charge is 2.36. The number of hydrogen-bond acceptors (Lipinski definition) is 3. The first-order chi connectivity index (χ1) is 6.75. The summed E-state index contributed by atoms with van der Waals surface area (Å²) in [5.74, 6) is -0.159. The summed E-state index contributed by atoms with van der Waals surface area (Å²) < 4.78 is 4.47. The van der Waals surface area contributed by atoms with Gasteiger partial charge < -0.3 is 4.74 Å². The third-order valence-electron chi connectivity index (χ3n) is 1.89. The zero-order chi connectivity index (χ0) is 9.97.